The molecule has 0 bridgehead atoms. The first-order chi connectivity index (χ1) is 14.6. The average molecular weight is 401 g/mol. The first-order valence-corrected chi connectivity index (χ1v) is 9.82. The molecule has 0 radical (unpaired) electrons. The maximum atomic E-state index is 12.5. The summed E-state index contributed by atoms with van der Waals surface area (Å²) < 4.78 is 5.92. The maximum Gasteiger partial charge on any atom is 0.251 e. The van der Waals surface area contributed by atoms with Gasteiger partial charge in [0.1, 0.15) is 12.4 Å². The lowest BCUT2D eigenvalue weighted by atomic mass is 10.1. The van der Waals surface area contributed by atoms with Crippen LogP contribution in [-0.4, -0.2) is 38.6 Å². The minimum Gasteiger partial charge on any atom is -0.491 e. The SMILES string of the molecule is CN1CC(=O)Nc2cc(C(=O)NCCOc3ccccc3-c3ccccc3)ccc21. The lowest BCUT2D eigenvalue weighted by Gasteiger charge is -2.27. The number of nitrogens with one attached hydrogen (secondary N) is 2. The molecule has 0 saturated carbocycles. The van der Waals surface area contributed by atoms with Gasteiger partial charge in [0.05, 0.1) is 24.5 Å². The smallest absolute Gasteiger partial charge is 0.251 e. The number of benzene rings is 3. The number of carbonyl (C=O) groups excluding carboxylic acids is 2. The summed E-state index contributed by atoms with van der Waals surface area (Å²) >= 11 is 0. The van der Waals surface area contributed by atoms with Crippen LogP contribution < -0.4 is 20.3 Å². The Bertz CT molecular complexity index is 1070. The van der Waals surface area contributed by atoms with Crippen LogP contribution >= 0.6 is 0 Å². The van der Waals surface area contributed by atoms with Crippen molar-refractivity contribution in [3.63, 3.8) is 0 Å². The molecule has 4 rings (SSSR count). The van der Waals surface area contributed by atoms with Crippen molar-refractivity contribution in [2.45, 2.75) is 0 Å². The van der Waals surface area contributed by atoms with Crippen LogP contribution in [0.4, 0.5) is 11.4 Å². The van der Waals surface area contributed by atoms with Gasteiger partial charge in [0.15, 0.2) is 0 Å². The van der Waals surface area contributed by atoms with Gasteiger partial charge >= 0.3 is 0 Å². The summed E-state index contributed by atoms with van der Waals surface area (Å²) in [6, 6.07) is 23.2. The molecular formula is C24H23N3O3. The molecule has 0 fully saturated rings. The van der Waals surface area contributed by atoms with Crippen LogP contribution in [0.15, 0.2) is 72.8 Å². The van der Waals surface area contributed by atoms with Crippen LogP contribution in [0.3, 0.4) is 0 Å². The summed E-state index contributed by atoms with van der Waals surface area (Å²) in [5.74, 6) is 0.478. The average Bonchev–Trinajstić information content (AvgIpc) is 2.77. The largest absolute Gasteiger partial charge is 0.491 e. The van der Waals surface area contributed by atoms with Crippen molar-refractivity contribution in [1.82, 2.24) is 5.32 Å². The summed E-state index contributed by atoms with van der Waals surface area (Å²) in [7, 11) is 1.85. The number of rotatable bonds is 6. The summed E-state index contributed by atoms with van der Waals surface area (Å²) in [5, 5.41) is 5.68. The normalized spacial score (nSPS) is 12.7. The molecule has 3 aromatic carbocycles. The molecule has 0 atom stereocenters. The molecule has 0 aromatic heterocycles. The Morgan fingerprint density at radius 3 is 2.67 bits per heavy atom. The van der Waals surface area contributed by atoms with Crippen molar-refractivity contribution >= 4 is 23.2 Å². The Balaban J connectivity index is 1.35. The van der Waals surface area contributed by atoms with E-state index in [1.165, 1.54) is 0 Å². The summed E-state index contributed by atoms with van der Waals surface area (Å²) in [4.78, 5) is 26.1. The fourth-order valence-corrected chi connectivity index (χ4v) is 3.48. The zero-order valence-electron chi connectivity index (χ0n) is 16.7. The highest BCUT2D eigenvalue weighted by Gasteiger charge is 2.20. The topological polar surface area (TPSA) is 70.7 Å². The number of likely N-dealkylation sites (N-methyl/N-ethyl adjacent to an activating group) is 1. The summed E-state index contributed by atoms with van der Waals surface area (Å²) in [5.41, 5.74) is 4.13. The van der Waals surface area contributed by atoms with Crippen molar-refractivity contribution in [3.8, 4) is 16.9 Å². The van der Waals surface area contributed by atoms with Gasteiger partial charge in [0.2, 0.25) is 5.91 Å². The standard InChI is InChI=1S/C24H23N3O3/c1-27-16-23(28)26-20-15-18(11-12-21(20)27)24(29)25-13-14-30-22-10-6-5-9-19(22)17-7-3-2-4-8-17/h2-12,15H,13-14,16H2,1H3,(H,25,29)(H,26,28). The van der Waals surface area contributed by atoms with Crippen LogP contribution in [0.2, 0.25) is 0 Å². The van der Waals surface area contributed by atoms with Crippen LogP contribution in [0.1, 0.15) is 10.4 Å². The highest BCUT2D eigenvalue weighted by molar-refractivity contribution is 6.03. The van der Waals surface area contributed by atoms with Gasteiger partial charge in [-0.3, -0.25) is 9.59 Å². The third kappa shape index (κ3) is 4.27. The lowest BCUT2D eigenvalue weighted by Crippen LogP contribution is -2.35. The molecule has 0 saturated heterocycles. The molecule has 1 aliphatic rings. The number of ether oxygens (including phenoxy) is 1. The van der Waals surface area contributed by atoms with E-state index < -0.39 is 0 Å². The first kappa shape index (κ1) is 19.5. The number of amides is 2. The summed E-state index contributed by atoms with van der Waals surface area (Å²) in [6.45, 7) is 1.02. The molecule has 0 spiro atoms. The second-order valence-corrected chi connectivity index (χ2v) is 7.10. The molecule has 30 heavy (non-hydrogen) atoms. The van der Waals surface area contributed by atoms with Gasteiger partial charge in [-0.05, 0) is 29.8 Å². The Morgan fingerprint density at radius 2 is 1.83 bits per heavy atom. The predicted molar refractivity (Wildman–Crippen MR) is 118 cm³/mol. The molecule has 0 unspecified atom stereocenters. The number of anilines is 2. The van der Waals surface area contributed by atoms with Gasteiger partial charge in [0, 0.05) is 18.2 Å². The van der Waals surface area contributed by atoms with Gasteiger partial charge in [-0.15, -0.1) is 0 Å². The maximum absolute atomic E-state index is 12.5. The minimum atomic E-state index is -0.208. The van der Waals surface area contributed by atoms with Gasteiger partial charge in [-0.1, -0.05) is 48.5 Å². The van der Waals surface area contributed by atoms with Crippen molar-refractivity contribution in [2.75, 3.05) is 37.0 Å². The molecule has 152 valence electrons. The number of carbonyl (C=O) groups is 2. The van der Waals surface area contributed by atoms with E-state index in [0.29, 0.717) is 30.9 Å². The molecular weight excluding hydrogens is 378 g/mol. The van der Waals surface area contributed by atoms with Gasteiger partial charge in [0.25, 0.3) is 5.91 Å². The number of hydrogen-bond acceptors (Lipinski definition) is 4. The van der Waals surface area contributed by atoms with Crippen LogP contribution in [0.5, 0.6) is 5.75 Å². The van der Waals surface area contributed by atoms with Crippen molar-refractivity contribution in [1.29, 1.82) is 0 Å². The summed E-state index contributed by atoms with van der Waals surface area (Å²) in [6.07, 6.45) is 0. The Labute approximate surface area is 175 Å². The van der Waals surface area contributed by atoms with Crippen molar-refractivity contribution in [3.05, 3.63) is 78.4 Å². The molecule has 6 nitrogen and oxygen atoms in total. The number of nitrogens with zero attached hydrogens (tertiary/aromatic N) is 1. The monoisotopic (exact) mass is 401 g/mol. The molecule has 2 amide bonds. The lowest BCUT2D eigenvalue weighted by molar-refractivity contribution is -0.115. The molecule has 3 aromatic rings. The number of fused-ring (bicyclic) bond motifs is 1. The van der Waals surface area contributed by atoms with Gasteiger partial charge < -0.3 is 20.3 Å². The highest BCUT2D eigenvalue weighted by Crippen LogP contribution is 2.30. The predicted octanol–water partition coefficient (Wildman–Crippen LogP) is 3.55. The van der Waals surface area contributed by atoms with E-state index in [2.05, 4.69) is 10.6 Å². The molecule has 0 aliphatic carbocycles. The van der Waals surface area contributed by atoms with Crippen LogP contribution in [-0.2, 0) is 4.79 Å². The van der Waals surface area contributed by atoms with E-state index in [-0.39, 0.29) is 11.8 Å². The van der Waals surface area contributed by atoms with E-state index in [1.54, 1.807) is 12.1 Å². The Hall–Kier alpha value is -3.80. The third-order valence-electron chi connectivity index (χ3n) is 4.94. The third-order valence-corrected chi connectivity index (χ3v) is 4.94. The molecule has 1 aliphatic heterocycles. The zero-order chi connectivity index (χ0) is 20.9. The van der Waals surface area contributed by atoms with Crippen LogP contribution in [0, 0.1) is 0 Å². The molecule has 2 N–H and O–H groups in total. The minimum absolute atomic E-state index is 0.0898. The van der Waals surface area contributed by atoms with E-state index in [0.717, 1.165) is 22.6 Å². The second kappa shape index (κ2) is 8.69. The quantitative estimate of drug-likeness (QED) is 0.620. The van der Waals surface area contributed by atoms with Gasteiger partial charge in [-0.2, -0.15) is 0 Å². The van der Waals surface area contributed by atoms with Crippen molar-refractivity contribution < 1.29 is 14.3 Å². The second-order valence-electron chi connectivity index (χ2n) is 7.10. The van der Waals surface area contributed by atoms with E-state index in [1.807, 2.05) is 72.6 Å². The Kier molecular flexibility index (Phi) is 5.66. The van der Waals surface area contributed by atoms with E-state index >= 15 is 0 Å². The van der Waals surface area contributed by atoms with E-state index in [9.17, 15) is 9.59 Å². The highest BCUT2D eigenvalue weighted by atomic mass is 16.5. The zero-order valence-corrected chi connectivity index (χ0v) is 16.7. The molecule has 1 heterocycles. The Morgan fingerprint density at radius 1 is 1.07 bits per heavy atom. The fraction of sp³-hybridized carbons (Fsp3) is 0.167. The first-order valence-electron chi connectivity index (χ1n) is 9.82. The van der Waals surface area contributed by atoms with Gasteiger partial charge in [-0.25, -0.2) is 0 Å². The number of para-hydroxylation sites is 1. The number of hydrogen-bond donors (Lipinski definition) is 2. The molecule has 6 heteroatoms. The fourth-order valence-electron chi connectivity index (χ4n) is 3.48. The van der Waals surface area contributed by atoms with E-state index in [4.69, 9.17) is 4.74 Å². The van der Waals surface area contributed by atoms with Crippen LogP contribution in [0.25, 0.3) is 11.1 Å². The van der Waals surface area contributed by atoms with Crippen molar-refractivity contribution in [2.24, 2.45) is 0 Å².